The summed E-state index contributed by atoms with van der Waals surface area (Å²) in [5.74, 6) is -0.0380. The van der Waals surface area contributed by atoms with E-state index in [9.17, 15) is 19.8 Å². The summed E-state index contributed by atoms with van der Waals surface area (Å²) in [7, 11) is 0. The molecule has 0 radical (unpaired) electrons. The molecule has 0 aliphatic heterocycles. The van der Waals surface area contributed by atoms with Crippen molar-refractivity contribution in [2.45, 2.75) is 392 Å². The second-order valence-corrected chi connectivity index (χ2v) is 23.5. The topological polar surface area (TPSA) is 95.9 Å². The molecule has 2 unspecified atom stereocenters. The van der Waals surface area contributed by atoms with Crippen LogP contribution in [0.2, 0.25) is 0 Å². The van der Waals surface area contributed by atoms with E-state index < -0.39 is 12.1 Å². The summed E-state index contributed by atoms with van der Waals surface area (Å²) in [5, 5.41) is 23.4. The number of carbonyl (C=O) groups is 2. The molecule has 0 aliphatic carbocycles. The Morgan fingerprint density at radius 2 is 0.640 bits per heavy atom. The molecule has 0 heterocycles. The average molecular weight is 1060 g/mol. The number of hydrogen-bond acceptors (Lipinski definition) is 5. The minimum atomic E-state index is -0.670. The molecule has 2 atom stereocenters. The summed E-state index contributed by atoms with van der Waals surface area (Å²) < 4.78 is 5.46. The van der Waals surface area contributed by atoms with E-state index >= 15 is 0 Å². The Kier molecular flexibility index (Phi) is 63.4. The van der Waals surface area contributed by atoms with Gasteiger partial charge in [-0.1, -0.05) is 321 Å². The summed E-state index contributed by atoms with van der Waals surface area (Å²) in [4.78, 5) is 24.5. The molecule has 0 rings (SSSR count). The summed E-state index contributed by atoms with van der Waals surface area (Å²) in [6, 6.07) is -0.548. The van der Waals surface area contributed by atoms with Gasteiger partial charge in [0.05, 0.1) is 25.4 Å². The van der Waals surface area contributed by atoms with Crippen LogP contribution in [-0.2, 0) is 14.3 Å². The molecule has 444 valence electrons. The van der Waals surface area contributed by atoms with Crippen molar-refractivity contribution < 1.29 is 24.5 Å². The van der Waals surface area contributed by atoms with Crippen molar-refractivity contribution in [3.63, 3.8) is 0 Å². The summed E-state index contributed by atoms with van der Waals surface area (Å²) in [6.07, 6.45) is 80.7. The molecule has 3 N–H and O–H groups in total. The molecule has 0 aromatic rings. The Balaban J connectivity index is 3.42. The van der Waals surface area contributed by atoms with Crippen LogP contribution in [-0.4, -0.2) is 47.4 Å². The van der Waals surface area contributed by atoms with Crippen molar-refractivity contribution in [3.05, 3.63) is 24.3 Å². The molecular weight excluding hydrogens is 923 g/mol. The fraction of sp³-hybridized carbons (Fsp3) is 0.913. The fourth-order valence-corrected chi connectivity index (χ4v) is 10.7. The zero-order valence-corrected chi connectivity index (χ0v) is 50.8. The standard InChI is InChI=1S/C69H133NO5/c1-3-5-7-9-11-13-15-16-17-18-19-20-21-22-23-26-29-32-35-38-42-45-49-53-57-61-67(72)66(65-71)70-68(73)62-58-54-50-46-43-39-36-33-30-27-24-25-28-31-34-37-40-44-48-52-56-60-64-75-69(74)63-59-55-51-47-41-14-12-10-8-6-4-2/h10,12,27,30,66-67,71-72H,3-9,11,13-26,28-29,31-65H2,1-2H3,(H,70,73)/b12-10-,30-27-. The van der Waals surface area contributed by atoms with E-state index in [4.69, 9.17) is 4.74 Å². The highest BCUT2D eigenvalue weighted by atomic mass is 16.5. The summed E-state index contributed by atoms with van der Waals surface area (Å²) >= 11 is 0. The largest absolute Gasteiger partial charge is 0.466 e. The first-order valence-corrected chi connectivity index (χ1v) is 34.1. The molecule has 1 amide bonds. The Morgan fingerprint density at radius 3 is 0.987 bits per heavy atom. The number of esters is 1. The van der Waals surface area contributed by atoms with E-state index in [1.165, 1.54) is 302 Å². The van der Waals surface area contributed by atoms with Crippen LogP contribution < -0.4 is 5.32 Å². The van der Waals surface area contributed by atoms with E-state index in [1.807, 2.05) is 0 Å². The van der Waals surface area contributed by atoms with Crippen LogP contribution in [0.15, 0.2) is 24.3 Å². The normalized spacial score (nSPS) is 12.6. The number of aliphatic hydroxyl groups excluding tert-OH is 2. The maximum atomic E-state index is 12.5. The molecule has 6 heteroatoms. The van der Waals surface area contributed by atoms with Crippen LogP contribution in [0.3, 0.4) is 0 Å². The van der Waals surface area contributed by atoms with Gasteiger partial charge in [0.15, 0.2) is 0 Å². The number of aliphatic hydroxyl groups is 2. The Bertz CT molecular complexity index is 1170. The molecular formula is C69H133NO5. The van der Waals surface area contributed by atoms with Gasteiger partial charge in [-0.05, 0) is 70.6 Å². The van der Waals surface area contributed by atoms with Gasteiger partial charge in [-0.3, -0.25) is 9.59 Å². The molecule has 0 spiro atoms. The third-order valence-electron chi connectivity index (χ3n) is 16.0. The van der Waals surface area contributed by atoms with E-state index in [0.717, 1.165) is 44.9 Å². The highest BCUT2D eigenvalue weighted by Gasteiger charge is 2.20. The first-order chi connectivity index (χ1) is 37.0. The van der Waals surface area contributed by atoms with Gasteiger partial charge in [-0.15, -0.1) is 0 Å². The lowest BCUT2D eigenvalue weighted by Gasteiger charge is -2.22. The smallest absolute Gasteiger partial charge is 0.305 e. The van der Waals surface area contributed by atoms with Crippen molar-refractivity contribution in [2.24, 2.45) is 0 Å². The minimum Gasteiger partial charge on any atom is -0.466 e. The van der Waals surface area contributed by atoms with Crippen molar-refractivity contribution >= 4 is 11.9 Å². The van der Waals surface area contributed by atoms with Gasteiger partial charge < -0.3 is 20.3 Å². The maximum Gasteiger partial charge on any atom is 0.305 e. The van der Waals surface area contributed by atoms with E-state index in [0.29, 0.717) is 25.9 Å². The average Bonchev–Trinajstić information content (AvgIpc) is 3.41. The maximum absolute atomic E-state index is 12.5. The third kappa shape index (κ3) is 61.4. The Hall–Kier alpha value is -1.66. The SMILES string of the molecule is CCCC/C=C\CCCCCCCC(=O)OCCCCCCCCCCCCC/C=C\CCCCCCCCCC(=O)NC(CO)C(O)CCCCCCCCCCCCCCCCCCCCCCCCCCC. The lowest BCUT2D eigenvalue weighted by atomic mass is 10.0. The fourth-order valence-electron chi connectivity index (χ4n) is 10.7. The predicted octanol–water partition coefficient (Wildman–Crippen LogP) is 21.8. The van der Waals surface area contributed by atoms with Crippen LogP contribution in [0.1, 0.15) is 380 Å². The van der Waals surface area contributed by atoms with Gasteiger partial charge in [0, 0.05) is 12.8 Å². The zero-order valence-electron chi connectivity index (χ0n) is 50.8. The zero-order chi connectivity index (χ0) is 54.3. The third-order valence-corrected chi connectivity index (χ3v) is 16.0. The predicted molar refractivity (Wildman–Crippen MR) is 329 cm³/mol. The number of rotatable bonds is 64. The molecule has 0 saturated heterocycles. The number of hydrogen-bond donors (Lipinski definition) is 3. The van der Waals surface area contributed by atoms with Crippen LogP contribution in [0.5, 0.6) is 0 Å². The molecule has 0 aliphatic rings. The monoisotopic (exact) mass is 1060 g/mol. The minimum absolute atomic E-state index is 0.000395. The van der Waals surface area contributed by atoms with Crippen molar-refractivity contribution in [3.8, 4) is 0 Å². The van der Waals surface area contributed by atoms with Crippen LogP contribution in [0, 0.1) is 0 Å². The second-order valence-electron chi connectivity index (χ2n) is 23.5. The van der Waals surface area contributed by atoms with Crippen molar-refractivity contribution in [2.75, 3.05) is 13.2 Å². The van der Waals surface area contributed by atoms with Gasteiger partial charge in [-0.2, -0.15) is 0 Å². The number of ether oxygens (including phenoxy) is 1. The van der Waals surface area contributed by atoms with E-state index in [2.05, 4.69) is 43.5 Å². The second kappa shape index (κ2) is 64.9. The number of unbranched alkanes of at least 4 members (excludes halogenated alkanes) is 49. The van der Waals surface area contributed by atoms with Crippen molar-refractivity contribution in [1.82, 2.24) is 5.32 Å². The van der Waals surface area contributed by atoms with Gasteiger partial charge in [0.2, 0.25) is 5.91 Å². The van der Waals surface area contributed by atoms with E-state index in [1.54, 1.807) is 0 Å². The lowest BCUT2D eigenvalue weighted by Crippen LogP contribution is -2.45. The first kappa shape index (κ1) is 73.3. The number of carbonyl (C=O) groups excluding carboxylic acids is 2. The van der Waals surface area contributed by atoms with Gasteiger partial charge >= 0.3 is 5.97 Å². The molecule has 0 fully saturated rings. The van der Waals surface area contributed by atoms with Crippen LogP contribution in [0.4, 0.5) is 0 Å². The van der Waals surface area contributed by atoms with Crippen LogP contribution in [0.25, 0.3) is 0 Å². The van der Waals surface area contributed by atoms with Gasteiger partial charge in [0.1, 0.15) is 0 Å². The summed E-state index contributed by atoms with van der Waals surface area (Å²) in [5.41, 5.74) is 0. The lowest BCUT2D eigenvalue weighted by molar-refractivity contribution is -0.143. The van der Waals surface area contributed by atoms with Crippen LogP contribution >= 0.6 is 0 Å². The first-order valence-electron chi connectivity index (χ1n) is 34.1. The molecule has 0 saturated carbocycles. The van der Waals surface area contributed by atoms with Crippen molar-refractivity contribution in [1.29, 1.82) is 0 Å². The highest BCUT2D eigenvalue weighted by Crippen LogP contribution is 2.19. The van der Waals surface area contributed by atoms with Gasteiger partial charge in [0.25, 0.3) is 0 Å². The summed E-state index contributed by atoms with van der Waals surface area (Å²) in [6.45, 7) is 4.94. The molecule has 0 aromatic carbocycles. The van der Waals surface area contributed by atoms with Gasteiger partial charge in [-0.25, -0.2) is 0 Å². The number of allylic oxidation sites excluding steroid dienone is 4. The number of amides is 1. The Morgan fingerprint density at radius 1 is 0.360 bits per heavy atom. The molecule has 0 bridgehead atoms. The molecule has 0 aromatic heterocycles. The van der Waals surface area contributed by atoms with E-state index in [-0.39, 0.29) is 18.5 Å². The Labute approximate surface area is 469 Å². The number of nitrogens with one attached hydrogen (secondary N) is 1. The highest BCUT2D eigenvalue weighted by molar-refractivity contribution is 5.76. The quantitative estimate of drug-likeness (QED) is 0.0320. The molecule has 6 nitrogen and oxygen atoms in total. The molecule has 75 heavy (non-hydrogen) atoms.